The van der Waals surface area contributed by atoms with Gasteiger partial charge in [-0.15, -0.1) is 0 Å². The van der Waals surface area contributed by atoms with Gasteiger partial charge in [0.05, 0.1) is 24.9 Å². The van der Waals surface area contributed by atoms with E-state index in [4.69, 9.17) is 16.3 Å². The van der Waals surface area contributed by atoms with Gasteiger partial charge in [-0.3, -0.25) is 9.59 Å². The van der Waals surface area contributed by atoms with E-state index < -0.39 is 0 Å². The molecule has 1 aromatic rings. The summed E-state index contributed by atoms with van der Waals surface area (Å²) < 4.78 is 5.91. The van der Waals surface area contributed by atoms with Crippen LogP contribution in [-0.4, -0.2) is 28.9 Å². The maximum absolute atomic E-state index is 11.6. The molecule has 1 saturated carbocycles. The first-order valence-electron chi connectivity index (χ1n) is 6.09. The minimum Gasteiger partial charge on any atom is -0.469 e. The molecule has 19 heavy (non-hydrogen) atoms. The van der Waals surface area contributed by atoms with E-state index in [0.717, 1.165) is 12.8 Å². The summed E-state index contributed by atoms with van der Waals surface area (Å²) in [5, 5.41) is 7.21. The number of hydrogen-bond donors (Lipinski definition) is 1. The van der Waals surface area contributed by atoms with Crippen LogP contribution in [0, 0.1) is 5.92 Å². The van der Waals surface area contributed by atoms with Crippen molar-refractivity contribution in [3.8, 4) is 0 Å². The van der Waals surface area contributed by atoms with Gasteiger partial charge in [0.15, 0.2) is 0 Å². The van der Waals surface area contributed by atoms with Crippen LogP contribution in [0.15, 0.2) is 11.0 Å². The van der Waals surface area contributed by atoms with Crippen molar-refractivity contribution in [3.05, 3.63) is 21.6 Å². The Hall–Kier alpha value is -1.56. The summed E-state index contributed by atoms with van der Waals surface area (Å²) in [6.45, 7) is 0. The van der Waals surface area contributed by atoms with Crippen molar-refractivity contribution in [3.63, 3.8) is 0 Å². The fraction of sp³-hybridized carbons (Fsp3) is 0.583. The second kappa shape index (κ2) is 5.61. The second-order valence-electron chi connectivity index (χ2n) is 4.68. The number of carbonyl (C=O) groups is 1. The summed E-state index contributed by atoms with van der Waals surface area (Å²) in [6, 6.07) is 0.107. The Bertz CT molecular complexity index is 544. The Labute approximate surface area is 115 Å². The van der Waals surface area contributed by atoms with Crippen molar-refractivity contribution in [2.75, 3.05) is 12.4 Å². The van der Waals surface area contributed by atoms with Crippen molar-refractivity contribution in [2.24, 2.45) is 13.0 Å². The van der Waals surface area contributed by atoms with Gasteiger partial charge >= 0.3 is 5.97 Å². The molecule has 7 heteroatoms. The Kier molecular flexibility index (Phi) is 4.09. The number of hydrogen-bond acceptors (Lipinski definition) is 5. The number of rotatable bonds is 3. The van der Waals surface area contributed by atoms with E-state index in [2.05, 4.69) is 10.4 Å². The van der Waals surface area contributed by atoms with Crippen LogP contribution in [-0.2, 0) is 16.6 Å². The van der Waals surface area contributed by atoms with Gasteiger partial charge in [0.1, 0.15) is 5.02 Å². The molecule has 2 rings (SSSR count). The molecule has 0 aliphatic heterocycles. The number of methoxy groups -OCH3 is 1. The van der Waals surface area contributed by atoms with E-state index in [1.807, 2.05) is 0 Å². The Morgan fingerprint density at radius 1 is 1.58 bits per heavy atom. The van der Waals surface area contributed by atoms with Crippen molar-refractivity contribution < 1.29 is 9.53 Å². The third kappa shape index (κ3) is 2.89. The number of anilines is 1. The zero-order chi connectivity index (χ0) is 14.0. The summed E-state index contributed by atoms with van der Waals surface area (Å²) in [5.41, 5.74) is 0.175. The molecule has 1 heterocycles. The highest BCUT2D eigenvalue weighted by atomic mass is 35.5. The summed E-state index contributed by atoms with van der Waals surface area (Å²) in [5.74, 6) is -0.265. The molecule has 0 aromatic carbocycles. The lowest BCUT2D eigenvalue weighted by atomic mass is 10.1. The van der Waals surface area contributed by atoms with Gasteiger partial charge in [0.25, 0.3) is 5.56 Å². The monoisotopic (exact) mass is 285 g/mol. The van der Waals surface area contributed by atoms with E-state index in [-0.39, 0.29) is 28.5 Å². The van der Waals surface area contributed by atoms with Crippen LogP contribution in [0.3, 0.4) is 0 Å². The number of halogens is 1. The minimum absolute atomic E-state index is 0.0826. The third-order valence-corrected chi connectivity index (χ3v) is 3.77. The van der Waals surface area contributed by atoms with Crippen LogP contribution in [0.1, 0.15) is 19.3 Å². The first-order valence-corrected chi connectivity index (χ1v) is 6.47. The average molecular weight is 286 g/mol. The lowest BCUT2D eigenvalue weighted by Gasteiger charge is -2.15. The van der Waals surface area contributed by atoms with Gasteiger partial charge in [0, 0.05) is 13.1 Å². The molecule has 1 aliphatic rings. The zero-order valence-corrected chi connectivity index (χ0v) is 11.6. The Balaban J connectivity index is 2.06. The fourth-order valence-corrected chi connectivity index (χ4v) is 2.55. The minimum atomic E-state index is -0.339. The number of esters is 1. The van der Waals surface area contributed by atoms with E-state index in [1.165, 1.54) is 18.0 Å². The number of ether oxygens (including phenoxy) is 1. The Morgan fingerprint density at radius 2 is 2.32 bits per heavy atom. The average Bonchev–Trinajstić information content (AvgIpc) is 2.87. The third-order valence-electron chi connectivity index (χ3n) is 3.40. The molecule has 0 spiro atoms. The fourth-order valence-electron chi connectivity index (χ4n) is 2.32. The van der Waals surface area contributed by atoms with Crippen LogP contribution in [0.5, 0.6) is 0 Å². The molecule has 0 amide bonds. The van der Waals surface area contributed by atoms with E-state index in [9.17, 15) is 9.59 Å². The first-order chi connectivity index (χ1) is 9.02. The standard InChI is InChI=1S/C12H16ClN3O3/c1-16-11(17)10(13)9(6-14-16)15-8-4-3-7(5-8)12(18)19-2/h6-8,15H,3-5H2,1-2H3/t7-,8+/m0/s1. The van der Waals surface area contributed by atoms with Crippen LogP contribution in [0.4, 0.5) is 5.69 Å². The summed E-state index contributed by atoms with van der Waals surface area (Å²) in [4.78, 5) is 23.1. The normalized spacial score (nSPS) is 22.3. The van der Waals surface area contributed by atoms with E-state index in [1.54, 1.807) is 7.05 Å². The van der Waals surface area contributed by atoms with Crippen LogP contribution in [0.2, 0.25) is 5.02 Å². The van der Waals surface area contributed by atoms with Gasteiger partial charge in [-0.1, -0.05) is 11.6 Å². The van der Waals surface area contributed by atoms with E-state index in [0.29, 0.717) is 12.1 Å². The molecule has 1 N–H and O–H groups in total. The molecule has 0 radical (unpaired) electrons. The number of aromatic nitrogens is 2. The Morgan fingerprint density at radius 3 is 3.00 bits per heavy atom. The molecule has 0 saturated heterocycles. The lowest BCUT2D eigenvalue weighted by Crippen LogP contribution is -2.24. The highest BCUT2D eigenvalue weighted by Gasteiger charge is 2.31. The first kappa shape index (κ1) is 13.9. The number of nitrogens with one attached hydrogen (secondary N) is 1. The second-order valence-corrected chi connectivity index (χ2v) is 5.05. The van der Waals surface area contributed by atoms with Gasteiger partial charge in [-0.05, 0) is 19.3 Å². The van der Waals surface area contributed by atoms with E-state index >= 15 is 0 Å². The lowest BCUT2D eigenvalue weighted by molar-refractivity contribution is -0.145. The van der Waals surface area contributed by atoms with Gasteiger partial charge < -0.3 is 10.1 Å². The van der Waals surface area contributed by atoms with Gasteiger partial charge in [-0.2, -0.15) is 5.10 Å². The molecule has 1 aliphatic carbocycles. The molecule has 0 unspecified atom stereocenters. The van der Waals surface area contributed by atoms with Crippen molar-refractivity contribution >= 4 is 23.3 Å². The summed E-state index contributed by atoms with van der Waals surface area (Å²) >= 11 is 5.98. The molecular weight excluding hydrogens is 270 g/mol. The summed E-state index contributed by atoms with van der Waals surface area (Å²) in [6.07, 6.45) is 3.82. The maximum Gasteiger partial charge on any atom is 0.308 e. The smallest absolute Gasteiger partial charge is 0.308 e. The summed E-state index contributed by atoms with van der Waals surface area (Å²) in [7, 11) is 2.94. The molecule has 2 atom stereocenters. The highest BCUT2D eigenvalue weighted by Crippen LogP contribution is 2.30. The zero-order valence-electron chi connectivity index (χ0n) is 10.9. The SMILES string of the molecule is COC(=O)[C@H]1CC[C@@H](Nc2cnn(C)c(=O)c2Cl)C1. The topological polar surface area (TPSA) is 73.2 Å². The largest absolute Gasteiger partial charge is 0.469 e. The van der Waals surface area contributed by atoms with Crippen LogP contribution in [0.25, 0.3) is 0 Å². The highest BCUT2D eigenvalue weighted by molar-refractivity contribution is 6.32. The van der Waals surface area contributed by atoms with Crippen molar-refractivity contribution in [1.82, 2.24) is 9.78 Å². The molecule has 1 fully saturated rings. The predicted octanol–water partition coefficient (Wildman–Crippen LogP) is 1.19. The molecular formula is C12H16ClN3O3. The van der Waals surface area contributed by atoms with Gasteiger partial charge in [0.2, 0.25) is 0 Å². The number of aryl methyl sites for hydroxylation is 1. The molecule has 6 nitrogen and oxygen atoms in total. The quantitative estimate of drug-likeness (QED) is 0.845. The van der Waals surface area contributed by atoms with Crippen molar-refractivity contribution in [1.29, 1.82) is 0 Å². The molecule has 1 aromatic heterocycles. The number of carbonyl (C=O) groups excluding carboxylic acids is 1. The maximum atomic E-state index is 11.6. The number of nitrogens with zero attached hydrogens (tertiary/aromatic N) is 2. The van der Waals surface area contributed by atoms with Crippen LogP contribution < -0.4 is 10.9 Å². The molecule has 0 bridgehead atoms. The van der Waals surface area contributed by atoms with Crippen molar-refractivity contribution in [2.45, 2.75) is 25.3 Å². The molecule has 104 valence electrons. The van der Waals surface area contributed by atoms with Crippen LogP contribution >= 0.6 is 11.6 Å². The van der Waals surface area contributed by atoms with Gasteiger partial charge in [-0.25, -0.2) is 4.68 Å². The predicted molar refractivity (Wildman–Crippen MR) is 71.3 cm³/mol.